The van der Waals surface area contributed by atoms with Gasteiger partial charge in [0.1, 0.15) is 0 Å². The highest BCUT2D eigenvalue weighted by Crippen LogP contribution is 2.20. The first-order chi connectivity index (χ1) is 8.68. The van der Waals surface area contributed by atoms with Crippen molar-refractivity contribution in [2.24, 2.45) is 5.41 Å². The van der Waals surface area contributed by atoms with E-state index in [1.807, 2.05) is 20.8 Å². The number of aliphatic hydroxyl groups excluding tert-OH is 1. The Hall–Kier alpha value is -0.910. The molecule has 0 radical (unpaired) electrons. The van der Waals surface area contributed by atoms with Crippen molar-refractivity contribution in [3.05, 3.63) is 29.8 Å². The molecule has 4 nitrogen and oxygen atoms in total. The molecule has 0 aliphatic rings. The van der Waals surface area contributed by atoms with Gasteiger partial charge < -0.3 is 5.11 Å². The third-order valence-corrected chi connectivity index (χ3v) is 4.79. The van der Waals surface area contributed by atoms with Crippen LogP contribution >= 0.6 is 0 Å². The fourth-order valence-corrected chi connectivity index (χ4v) is 2.67. The number of hydrogen-bond acceptors (Lipinski definition) is 3. The zero-order valence-electron chi connectivity index (χ0n) is 12.0. The summed E-state index contributed by atoms with van der Waals surface area (Å²) in [5, 5.41) is 9.39. The molecule has 2 N–H and O–H groups in total. The lowest BCUT2D eigenvalue weighted by Gasteiger charge is -2.22. The molecule has 0 fully saturated rings. The second kappa shape index (κ2) is 6.03. The van der Waals surface area contributed by atoms with Gasteiger partial charge >= 0.3 is 0 Å². The quantitative estimate of drug-likeness (QED) is 0.843. The Morgan fingerprint density at radius 2 is 1.79 bits per heavy atom. The maximum absolute atomic E-state index is 12.1. The van der Waals surface area contributed by atoms with Gasteiger partial charge in [0.15, 0.2) is 0 Å². The predicted molar refractivity (Wildman–Crippen MR) is 76.3 cm³/mol. The molecule has 0 saturated carbocycles. The molecule has 1 rings (SSSR count). The number of benzene rings is 1. The van der Waals surface area contributed by atoms with Crippen molar-refractivity contribution in [3.63, 3.8) is 0 Å². The van der Waals surface area contributed by atoms with Crippen LogP contribution in [0.2, 0.25) is 0 Å². The van der Waals surface area contributed by atoms with Crippen molar-refractivity contribution in [2.75, 3.05) is 6.54 Å². The van der Waals surface area contributed by atoms with Crippen LogP contribution in [0.25, 0.3) is 0 Å². The van der Waals surface area contributed by atoms with E-state index in [1.165, 1.54) is 12.1 Å². The molecule has 19 heavy (non-hydrogen) atoms. The second-order valence-corrected chi connectivity index (χ2v) is 7.35. The van der Waals surface area contributed by atoms with Gasteiger partial charge in [-0.15, -0.1) is 0 Å². The SMILES string of the molecule is CCC(C)(C)CNS(=O)(=O)c1ccc(C(C)O)cc1. The average molecular weight is 285 g/mol. The maximum Gasteiger partial charge on any atom is 0.240 e. The molecule has 5 heteroatoms. The summed E-state index contributed by atoms with van der Waals surface area (Å²) in [6.07, 6.45) is 0.306. The van der Waals surface area contributed by atoms with Gasteiger partial charge in [-0.3, -0.25) is 0 Å². The lowest BCUT2D eigenvalue weighted by Crippen LogP contribution is -2.33. The predicted octanol–water partition coefficient (Wildman–Crippen LogP) is 2.45. The van der Waals surface area contributed by atoms with Crippen molar-refractivity contribution in [1.29, 1.82) is 0 Å². The van der Waals surface area contributed by atoms with Crippen LogP contribution in [0.15, 0.2) is 29.2 Å². The van der Waals surface area contributed by atoms with Crippen molar-refractivity contribution >= 4 is 10.0 Å². The molecule has 1 aromatic rings. The molecule has 0 aliphatic carbocycles. The zero-order valence-corrected chi connectivity index (χ0v) is 12.8. The van der Waals surface area contributed by atoms with Crippen LogP contribution in [-0.4, -0.2) is 20.1 Å². The number of rotatable bonds is 6. The largest absolute Gasteiger partial charge is 0.389 e. The summed E-state index contributed by atoms with van der Waals surface area (Å²) >= 11 is 0. The molecule has 0 aromatic heterocycles. The Labute approximate surface area is 115 Å². The molecule has 0 heterocycles. The van der Waals surface area contributed by atoms with Crippen molar-refractivity contribution < 1.29 is 13.5 Å². The fraction of sp³-hybridized carbons (Fsp3) is 0.571. The lowest BCUT2D eigenvalue weighted by atomic mass is 9.91. The Morgan fingerprint density at radius 1 is 1.26 bits per heavy atom. The minimum atomic E-state index is -3.48. The minimum absolute atomic E-state index is 0.0629. The van der Waals surface area contributed by atoms with E-state index in [9.17, 15) is 13.5 Å². The van der Waals surface area contributed by atoms with Crippen LogP contribution in [0.5, 0.6) is 0 Å². The van der Waals surface area contributed by atoms with Crippen LogP contribution in [0, 0.1) is 5.41 Å². The summed E-state index contributed by atoms with van der Waals surface area (Å²) in [5.41, 5.74) is 0.639. The zero-order chi connectivity index (χ0) is 14.7. The smallest absolute Gasteiger partial charge is 0.240 e. The van der Waals surface area contributed by atoms with E-state index >= 15 is 0 Å². The first kappa shape index (κ1) is 16.1. The van der Waals surface area contributed by atoms with Gasteiger partial charge in [-0.05, 0) is 36.5 Å². The molecule has 0 aliphatic heterocycles. The minimum Gasteiger partial charge on any atom is -0.389 e. The summed E-state index contributed by atoms with van der Waals surface area (Å²) in [6.45, 7) is 8.12. The Kier molecular flexibility index (Phi) is 5.12. The number of hydrogen-bond donors (Lipinski definition) is 2. The summed E-state index contributed by atoms with van der Waals surface area (Å²) in [6, 6.07) is 6.29. The molecule has 0 saturated heterocycles. The summed E-state index contributed by atoms with van der Waals surface area (Å²) in [4.78, 5) is 0.226. The van der Waals surface area contributed by atoms with Crippen molar-refractivity contribution in [1.82, 2.24) is 4.72 Å². The van der Waals surface area contributed by atoms with Crippen LogP contribution in [-0.2, 0) is 10.0 Å². The van der Waals surface area contributed by atoms with Gasteiger partial charge in [-0.2, -0.15) is 0 Å². The van der Waals surface area contributed by atoms with Gasteiger partial charge in [0.05, 0.1) is 11.0 Å². The molecule has 1 unspecified atom stereocenters. The molecule has 0 bridgehead atoms. The Bertz CT molecular complexity index is 504. The van der Waals surface area contributed by atoms with Gasteiger partial charge in [-0.1, -0.05) is 32.9 Å². The molecule has 0 spiro atoms. The topological polar surface area (TPSA) is 66.4 Å². The van der Waals surface area contributed by atoms with Crippen LogP contribution in [0.3, 0.4) is 0 Å². The van der Waals surface area contributed by atoms with Gasteiger partial charge in [-0.25, -0.2) is 13.1 Å². The van der Waals surface area contributed by atoms with E-state index in [0.717, 1.165) is 6.42 Å². The molecule has 0 amide bonds. The fourth-order valence-electron chi connectivity index (χ4n) is 1.42. The van der Waals surface area contributed by atoms with Crippen molar-refractivity contribution in [2.45, 2.75) is 45.1 Å². The first-order valence-corrected chi connectivity index (χ1v) is 7.94. The molecule has 1 atom stereocenters. The summed E-state index contributed by atoms with van der Waals surface area (Å²) in [7, 11) is -3.48. The maximum atomic E-state index is 12.1. The van der Waals surface area contributed by atoms with E-state index in [-0.39, 0.29) is 10.3 Å². The Balaban J connectivity index is 2.83. The Morgan fingerprint density at radius 3 is 2.21 bits per heavy atom. The van der Waals surface area contributed by atoms with Gasteiger partial charge in [0, 0.05) is 6.54 Å². The van der Waals surface area contributed by atoms with E-state index in [1.54, 1.807) is 19.1 Å². The number of sulfonamides is 1. The molecular weight excluding hydrogens is 262 g/mol. The standard InChI is InChI=1S/C14H23NO3S/c1-5-14(3,4)10-15-19(17,18)13-8-6-12(7-9-13)11(2)16/h6-9,11,15-16H,5,10H2,1-4H3. The third kappa shape index (κ3) is 4.60. The number of aliphatic hydroxyl groups is 1. The van der Waals surface area contributed by atoms with E-state index in [4.69, 9.17) is 0 Å². The molecular formula is C14H23NO3S. The second-order valence-electron chi connectivity index (χ2n) is 5.59. The van der Waals surface area contributed by atoms with Crippen LogP contribution in [0.1, 0.15) is 45.8 Å². The van der Waals surface area contributed by atoms with E-state index < -0.39 is 16.1 Å². The van der Waals surface area contributed by atoms with Gasteiger partial charge in [0.25, 0.3) is 0 Å². The first-order valence-electron chi connectivity index (χ1n) is 6.45. The molecule has 108 valence electrons. The highest BCUT2D eigenvalue weighted by Gasteiger charge is 2.20. The normalized spacial score (nSPS) is 14.4. The van der Waals surface area contributed by atoms with Crippen LogP contribution in [0.4, 0.5) is 0 Å². The average Bonchev–Trinajstić information content (AvgIpc) is 2.37. The van der Waals surface area contributed by atoms with Crippen molar-refractivity contribution in [3.8, 4) is 0 Å². The van der Waals surface area contributed by atoms with Crippen LogP contribution < -0.4 is 4.72 Å². The molecule has 1 aromatic carbocycles. The van der Waals surface area contributed by atoms with Gasteiger partial charge in [0.2, 0.25) is 10.0 Å². The lowest BCUT2D eigenvalue weighted by molar-refractivity contribution is 0.199. The highest BCUT2D eigenvalue weighted by molar-refractivity contribution is 7.89. The number of nitrogens with one attached hydrogen (secondary N) is 1. The monoisotopic (exact) mass is 285 g/mol. The summed E-state index contributed by atoms with van der Waals surface area (Å²) in [5.74, 6) is 0. The van der Waals surface area contributed by atoms with E-state index in [2.05, 4.69) is 4.72 Å². The van der Waals surface area contributed by atoms with E-state index in [0.29, 0.717) is 12.1 Å². The summed E-state index contributed by atoms with van der Waals surface area (Å²) < 4.78 is 26.8. The highest BCUT2D eigenvalue weighted by atomic mass is 32.2. The third-order valence-electron chi connectivity index (χ3n) is 3.37.